The Kier molecular flexibility index (Phi) is 2.40. The average Bonchev–Trinajstić information content (AvgIpc) is 3.06. The summed E-state index contributed by atoms with van der Waals surface area (Å²) < 4.78 is 0. The van der Waals surface area contributed by atoms with Crippen LogP contribution in [0.15, 0.2) is 24.3 Å². The number of hydrogen-bond donors (Lipinski definition) is 1. The van der Waals surface area contributed by atoms with E-state index in [-0.39, 0.29) is 5.54 Å². The Morgan fingerprint density at radius 2 is 2.14 bits per heavy atom. The number of fused-ring (bicyclic) bond motifs is 2. The van der Waals surface area contributed by atoms with Crippen LogP contribution >= 0.6 is 0 Å². The molecule has 2 saturated heterocycles. The van der Waals surface area contributed by atoms with E-state index in [0.717, 1.165) is 25.8 Å². The van der Waals surface area contributed by atoms with Crippen LogP contribution in [0.4, 0.5) is 5.69 Å². The molecule has 0 radical (unpaired) electrons. The lowest BCUT2D eigenvalue weighted by atomic mass is 9.64. The van der Waals surface area contributed by atoms with Gasteiger partial charge in [0.05, 0.1) is 11.6 Å². The van der Waals surface area contributed by atoms with E-state index in [9.17, 15) is 4.79 Å². The van der Waals surface area contributed by atoms with Crippen LogP contribution in [0.5, 0.6) is 0 Å². The largest absolute Gasteiger partial charge is 0.377 e. The van der Waals surface area contributed by atoms with Gasteiger partial charge in [-0.15, -0.1) is 0 Å². The number of nitrogens with zero attached hydrogens (tertiary/aromatic N) is 1. The maximum atomic E-state index is 12.6. The van der Waals surface area contributed by atoms with Gasteiger partial charge in [0.15, 0.2) is 0 Å². The van der Waals surface area contributed by atoms with Crippen molar-refractivity contribution < 1.29 is 4.79 Å². The minimum atomic E-state index is 0.105. The minimum Gasteiger partial charge on any atom is -0.377 e. The lowest BCUT2D eigenvalue weighted by Crippen LogP contribution is -2.67. The number of carbonyl (C=O) groups excluding carboxylic acids is 1. The van der Waals surface area contributed by atoms with Gasteiger partial charge in [0.25, 0.3) is 0 Å². The smallest absolute Gasteiger partial charge is 0.222 e. The van der Waals surface area contributed by atoms with Gasteiger partial charge in [0.1, 0.15) is 0 Å². The number of para-hydroxylation sites is 1. The highest BCUT2D eigenvalue weighted by Gasteiger charge is 2.67. The molecule has 1 saturated carbocycles. The molecule has 3 aliphatic heterocycles. The highest BCUT2D eigenvalue weighted by molar-refractivity contribution is 5.79. The van der Waals surface area contributed by atoms with Gasteiger partial charge < -0.3 is 10.2 Å². The van der Waals surface area contributed by atoms with Crippen LogP contribution in [-0.4, -0.2) is 28.9 Å². The van der Waals surface area contributed by atoms with Crippen molar-refractivity contribution in [3.8, 4) is 0 Å². The number of rotatable bonds is 1. The van der Waals surface area contributed by atoms with Crippen molar-refractivity contribution in [1.82, 2.24) is 4.90 Å². The third-order valence-electron chi connectivity index (χ3n) is 7.26. The van der Waals surface area contributed by atoms with E-state index in [1.165, 1.54) is 30.5 Å². The van der Waals surface area contributed by atoms with E-state index in [2.05, 4.69) is 41.4 Å². The highest BCUT2D eigenvalue weighted by Crippen LogP contribution is 2.64. The summed E-state index contributed by atoms with van der Waals surface area (Å²) in [5, 5.41) is 3.93. The average molecular weight is 296 g/mol. The first-order valence-electron chi connectivity index (χ1n) is 8.87. The molecule has 3 heteroatoms. The molecule has 4 atom stereocenters. The molecule has 1 aromatic rings. The van der Waals surface area contributed by atoms with Gasteiger partial charge in [0, 0.05) is 24.6 Å². The first kappa shape index (κ1) is 13.0. The molecular weight excluding hydrogens is 272 g/mol. The molecule has 5 rings (SSSR count). The summed E-state index contributed by atoms with van der Waals surface area (Å²) in [7, 11) is 0. The fourth-order valence-corrected chi connectivity index (χ4v) is 6.30. The monoisotopic (exact) mass is 296 g/mol. The fraction of sp³-hybridized carbons (Fsp3) is 0.632. The van der Waals surface area contributed by atoms with Crippen LogP contribution in [0.3, 0.4) is 0 Å². The zero-order valence-electron chi connectivity index (χ0n) is 13.3. The molecule has 3 heterocycles. The molecular formula is C19H24N2O. The van der Waals surface area contributed by atoms with E-state index in [0.29, 0.717) is 23.3 Å². The van der Waals surface area contributed by atoms with Crippen molar-refractivity contribution in [2.75, 3.05) is 11.9 Å². The molecule has 1 N–H and O–H groups in total. The summed E-state index contributed by atoms with van der Waals surface area (Å²) in [5.41, 5.74) is 3.27. The zero-order valence-corrected chi connectivity index (χ0v) is 13.3. The van der Waals surface area contributed by atoms with Crippen molar-refractivity contribution in [1.29, 1.82) is 0 Å². The molecule has 0 bridgehead atoms. The van der Waals surface area contributed by atoms with E-state index < -0.39 is 0 Å². The standard InChI is InChI=1S/C19H24N2O/c1-2-18-9-7-16(22)21-12-8-14-13-5-3-4-6-15(13)20-19(14,11-10-18)17(18)21/h3-6,14,17,20H,2,7-12H2,1H3/t14-,17-,18-,19+/m1/s1. The Labute approximate surface area is 132 Å². The second kappa shape index (κ2) is 4.06. The van der Waals surface area contributed by atoms with E-state index >= 15 is 0 Å². The third kappa shape index (κ3) is 1.32. The molecule has 0 unspecified atom stereocenters. The van der Waals surface area contributed by atoms with E-state index in [1.54, 1.807) is 0 Å². The summed E-state index contributed by atoms with van der Waals surface area (Å²) in [6, 6.07) is 9.22. The van der Waals surface area contributed by atoms with Crippen molar-refractivity contribution in [2.24, 2.45) is 5.41 Å². The lowest BCUT2D eigenvalue weighted by Gasteiger charge is -2.56. The maximum absolute atomic E-state index is 12.6. The number of anilines is 1. The van der Waals surface area contributed by atoms with Crippen LogP contribution in [0.2, 0.25) is 0 Å². The Balaban J connectivity index is 1.67. The quantitative estimate of drug-likeness (QED) is 0.860. The SMILES string of the molecule is CC[C@@]12CCC(=O)N3CC[C@@H]4c5ccccc5N[C@]4(CC1)[C@H]32. The molecule has 0 aromatic heterocycles. The van der Waals surface area contributed by atoms with Crippen LogP contribution in [0.1, 0.15) is 56.9 Å². The molecule has 116 valence electrons. The van der Waals surface area contributed by atoms with Gasteiger partial charge in [-0.1, -0.05) is 25.1 Å². The van der Waals surface area contributed by atoms with Gasteiger partial charge in [0.2, 0.25) is 5.91 Å². The lowest BCUT2D eigenvalue weighted by molar-refractivity contribution is -0.147. The molecule has 3 fully saturated rings. The second-order valence-corrected chi connectivity index (χ2v) is 7.80. The van der Waals surface area contributed by atoms with Gasteiger partial charge >= 0.3 is 0 Å². The normalized spacial score (nSPS) is 41.7. The van der Waals surface area contributed by atoms with Crippen LogP contribution in [-0.2, 0) is 4.79 Å². The number of benzene rings is 1. The Bertz CT molecular complexity index is 657. The number of carbonyl (C=O) groups is 1. The molecule has 3 nitrogen and oxygen atoms in total. The van der Waals surface area contributed by atoms with E-state index in [4.69, 9.17) is 0 Å². The van der Waals surface area contributed by atoms with Crippen molar-refractivity contribution in [3.63, 3.8) is 0 Å². The Morgan fingerprint density at radius 1 is 1.27 bits per heavy atom. The van der Waals surface area contributed by atoms with Crippen LogP contribution in [0, 0.1) is 5.41 Å². The molecule has 1 aliphatic carbocycles. The van der Waals surface area contributed by atoms with Crippen molar-refractivity contribution in [2.45, 2.75) is 62.9 Å². The number of piperidine rings is 2. The molecule has 22 heavy (non-hydrogen) atoms. The summed E-state index contributed by atoms with van der Waals surface area (Å²) in [6.07, 6.45) is 6.66. The molecule has 1 amide bonds. The Hall–Kier alpha value is -1.51. The molecule has 1 spiro atoms. The fourth-order valence-electron chi connectivity index (χ4n) is 6.30. The van der Waals surface area contributed by atoms with Gasteiger partial charge in [-0.3, -0.25) is 4.79 Å². The Morgan fingerprint density at radius 3 is 3.00 bits per heavy atom. The summed E-state index contributed by atoms with van der Waals surface area (Å²) in [5.74, 6) is 0.982. The van der Waals surface area contributed by atoms with Crippen LogP contribution < -0.4 is 5.32 Å². The number of hydrogen-bond acceptors (Lipinski definition) is 2. The predicted molar refractivity (Wildman–Crippen MR) is 86.8 cm³/mol. The zero-order chi connectivity index (χ0) is 14.9. The third-order valence-corrected chi connectivity index (χ3v) is 7.26. The van der Waals surface area contributed by atoms with Crippen molar-refractivity contribution in [3.05, 3.63) is 29.8 Å². The molecule has 1 aromatic carbocycles. The van der Waals surface area contributed by atoms with Gasteiger partial charge in [-0.25, -0.2) is 0 Å². The highest BCUT2D eigenvalue weighted by atomic mass is 16.2. The second-order valence-electron chi connectivity index (χ2n) is 7.80. The minimum absolute atomic E-state index is 0.105. The maximum Gasteiger partial charge on any atom is 0.222 e. The number of nitrogens with one attached hydrogen (secondary N) is 1. The topological polar surface area (TPSA) is 32.3 Å². The molecule has 4 aliphatic rings. The summed E-state index contributed by atoms with van der Waals surface area (Å²) in [4.78, 5) is 14.8. The first-order chi connectivity index (χ1) is 10.7. The van der Waals surface area contributed by atoms with Crippen LogP contribution in [0.25, 0.3) is 0 Å². The van der Waals surface area contributed by atoms with Gasteiger partial charge in [-0.2, -0.15) is 0 Å². The summed E-state index contributed by atoms with van der Waals surface area (Å²) in [6.45, 7) is 3.28. The van der Waals surface area contributed by atoms with Crippen molar-refractivity contribution >= 4 is 11.6 Å². The summed E-state index contributed by atoms with van der Waals surface area (Å²) >= 11 is 0. The van der Waals surface area contributed by atoms with Gasteiger partial charge in [-0.05, 0) is 49.1 Å². The first-order valence-corrected chi connectivity index (χ1v) is 8.87. The van der Waals surface area contributed by atoms with E-state index in [1.807, 2.05) is 0 Å². The predicted octanol–water partition coefficient (Wildman–Crippen LogP) is 3.52. The number of amides is 1.